The number of amides is 1. The van der Waals surface area contributed by atoms with Crippen LogP contribution in [-0.4, -0.2) is 49.2 Å². The van der Waals surface area contributed by atoms with Gasteiger partial charge < -0.3 is 19.1 Å². The lowest BCUT2D eigenvalue weighted by molar-refractivity contribution is -0.157. The van der Waals surface area contributed by atoms with Gasteiger partial charge in [-0.1, -0.05) is 11.6 Å². The summed E-state index contributed by atoms with van der Waals surface area (Å²) in [5.74, 6) is 0.0248. The zero-order valence-corrected chi connectivity index (χ0v) is 17.7. The topological polar surface area (TPSA) is 65.1 Å². The molecule has 6 nitrogen and oxygen atoms in total. The molecule has 0 saturated heterocycles. The molecule has 27 heavy (non-hydrogen) atoms. The maximum Gasteiger partial charge on any atom is 0.331 e. The smallest absolute Gasteiger partial charge is 0.331 e. The third kappa shape index (κ3) is 6.17. The van der Waals surface area contributed by atoms with Gasteiger partial charge in [0.15, 0.2) is 17.6 Å². The molecule has 1 aromatic carbocycles. The van der Waals surface area contributed by atoms with Crippen LogP contribution in [0.5, 0.6) is 11.5 Å². The average molecular weight is 398 g/mol. The lowest BCUT2D eigenvalue weighted by Gasteiger charge is -2.32. The SMILES string of the molecule is COc1cc(/C=C/C(=O)O[C@H](C)C(=O)N(C(C)C)C(C)C)cc(Cl)c1OC. The van der Waals surface area contributed by atoms with E-state index >= 15 is 0 Å². The zero-order valence-electron chi connectivity index (χ0n) is 16.9. The van der Waals surface area contributed by atoms with Crippen LogP contribution < -0.4 is 9.47 Å². The number of benzene rings is 1. The molecule has 0 aliphatic rings. The molecule has 0 aliphatic carbocycles. The second-order valence-corrected chi connectivity index (χ2v) is 6.99. The van der Waals surface area contributed by atoms with Gasteiger partial charge in [0.05, 0.1) is 19.2 Å². The van der Waals surface area contributed by atoms with Gasteiger partial charge in [-0.25, -0.2) is 4.79 Å². The monoisotopic (exact) mass is 397 g/mol. The van der Waals surface area contributed by atoms with Crippen LogP contribution >= 0.6 is 11.6 Å². The number of carbonyl (C=O) groups is 2. The molecule has 0 bridgehead atoms. The maximum absolute atomic E-state index is 12.5. The molecule has 0 saturated carbocycles. The number of ether oxygens (including phenoxy) is 3. The molecule has 0 aliphatic heterocycles. The summed E-state index contributed by atoms with van der Waals surface area (Å²) in [5.41, 5.74) is 0.638. The Morgan fingerprint density at radius 1 is 1.04 bits per heavy atom. The van der Waals surface area contributed by atoms with Gasteiger partial charge in [0.2, 0.25) is 0 Å². The quantitative estimate of drug-likeness (QED) is 0.491. The Kier molecular flexibility index (Phi) is 8.63. The van der Waals surface area contributed by atoms with E-state index in [1.165, 1.54) is 26.4 Å². The number of esters is 1. The lowest BCUT2D eigenvalue weighted by atomic mass is 10.2. The molecule has 1 amide bonds. The molecule has 0 heterocycles. The maximum atomic E-state index is 12.5. The fourth-order valence-electron chi connectivity index (χ4n) is 2.78. The average Bonchev–Trinajstić information content (AvgIpc) is 2.58. The fourth-order valence-corrected chi connectivity index (χ4v) is 3.07. The minimum Gasteiger partial charge on any atom is -0.493 e. The lowest BCUT2D eigenvalue weighted by Crippen LogP contribution is -2.47. The predicted molar refractivity (Wildman–Crippen MR) is 106 cm³/mol. The number of halogens is 1. The van der Waals surface area contributed by atoms with E-state index in [1.807, 2.05) is 27.7 Å². The first kappa shape index (κ1) is 22.8. The first-order chi connectivity index (χ1) is 12.6. The summed E-state index contributed by atoms with van der Waals surface area (Å²) in [6, 6.07) is 3.36. The number of nitrogens with zero attached hydrogens (tertiary/aromatic N) is 1. The number of hydrogen-bond acceptors (Lipinski definition) is 5. The fraction of sp³-hybridized carbons (Fsp3) is 0.500. The van der Waals surface area contributed by atoms with E-state index in [1.54, 1.807) is 24.0 Å². The van der Waals surface area contributed by atoms with Crippen molar-refractivity contribution >= 4 is 29.6 Å². The largest absolute Gasteiger partial charge is 0.493 e. The molecule has 1 aromatic rings. The number of methoxy groups -OCH3 is 2. The van der Waals surface area contributed by atoms with E-state index in [0.29, 0.717) is 22.1 Å². The van der Waals surface area contributed by atoms with Gasteiger partial charge in [0.25, 0.3) is 5.91 Å². The van der Waals surface area contributed by atoms with E-state index in [-0.39, 0.29) is 18.0 Å². The van der Waals surface area contributed by atoms with Gasteiger partial charge in [-0.05, 0) is 58.4 Å². The molecule has 0 radical (unpaired) electrons. The Bertz CT molecular complexity index is 692. The van der Waals surface area contributed by atoms with Crippen molar-refractivity contribution in [3.8, 4) is 11.5 Å². The molecular formula is C20H28ClNO5. The molecule has 1 rings (SSSR count). The zero-order chi connectivity index (χ0) is 20.7. The van der Waals surface area contributed by atoms with Crippen molar-refractivity contribution in [3.63, 3.8) is 0 Å². The van der Waals surface area contributed by atoms with Crippen molar-refractivity contribution in [2.45, 2.75) is 52.8 Å². The predicted octanol–water partition coefficient (Wildman–Crippen LogP) is 3.95. The summed E-state index contributed by atoms with van der Waals surface area (Å²) >= 11 is 6.14. The summed E-state index contributed by atoms with van der Waals surface area (Å²) in [6.45, 7) is 9.26. The van der Waals surface area contributed by atoms with Gasteiger partial charge in [0.1, 0.15) is 0 Å². The van der Waals surface area contributed by atoms with Gasteiger partial charge in [0, 0.05) is 18.2 Å². The van der Waals surface area contributed by atoms with Crippen molar-refractivity contribution in [3.05, 3.63) is 28.8 Å². The molecule has 0 spiro atoms. The van der Waals surface area contributed by atoms with Crippen LogP contribution in [0.15, 0.2) is 18.2 Å². The highest BCUT2D eigenvalue weighted by molar-refractivity contribution is 6.32. The first-order valence-corrected chi connectivity index (χ1v) is 9.12. The molecule has 0 aromatic heterocycles. The minimum atomic E-state index is -0.874. The molecular weight excluding hydrogens is 370 g/mol. The van der Waals surface area contributed by atoms with Crippen molar-refractivity contribution in [1.82, 2.24) is 4.90 Å². The summed E-state index contributed by atoms with van der Waals surface area (Å²) in [6.07, 6.45) is 1.91. The molecule has 0 fully saturated rings. The second kappa shape index (κ2) is 10.2. The Morgan fingerprint density at radius 3 is 2.11 bits per heavy atom. The van der Waals surface area contributed by atoms with Crippen LogP contribution in [0.3, 0.4) is 0 Å². The normalized spacial score (nSPS) is 12.4. The van der Waals surface area contributed by atoms with Crippen LogP contribution in [-0.2, 0) is 14.3 Å². The summed E-state index contributed by atoms with van der Waals surface area (Å²) in [5, 5.41) is 0.359. The molecule has 7 heteroatoms. The molecule has 0 unspecified atom stereocenters. The van der Waals surface area contributed by atoms with Gasteiger partial charge in [-0.3, -0.25) is 4.79 Å². The highest BCUT2D eigenvalue weighted by Crippen LogP contribution is 2.36. The van der Waals surface area contributed by atoms with Gasteiger partial charge in [-0.15, -0.1) is 0 Å². The summed E-state index contributed by atoms with van der Waals surface area (Å²) in [4.78, 5) is 26.3. The Labute approximate surface area is 166 Å². The summed E-state index contributed by atoms with van der Waals surface area (Å²) < 4.78 is 15.6. The van der Waals surface area contributed by atoms with E-state index in [0.717, 1.165) is 0 Å². The van der Waals surface area contributed by atoms with Crippen LogP contribution in [0.25, 0.3) is 6.08 Å². The Morgan fingerprint density at radius 2 is 1.63 bits per heavy atom. The third-order valence-electron chi connectivity index (χ3n) is 3.88. The van der Waals surface area contributed by atoms with Crippen molar-refractivity contribution in [2.24, 2.45) is 0 Å². The van der Waals surface area contributed by atoms with Crippen molar-refractivity contribution in [2.75, 3.05) is 14.2 Å². The van der Waals surface area contributed by atoms with E-state index in [4.69, 9.17) is 25.8 Å². The van der Waals surface area contributed by atoms with Crippen LogP contribution in [0.2, 0.25) is 5.02 Å². The van der Waals surface area contributed by atoms with Gasteiger partial charge >= 0.3 is 5.97 Å². The minimum absolute atomic E-state index is 0.0168. The highest BCUT2D eigenvalue weighted by atomic mass is 35.5. The summed E-state index contributed by atoms with van der Waals surface area (Å²) in [7, 11) is 2.99. The molecule has 0 N–H and O–H groups in total. The third-order valence-corrected chi connectivity index (χ3v) is 4.16. The van der Waals surface area contributed by atoms with Crippen molar-refractivity contribution < 1.29 is 23.8 Å². The number of carbonyl (C=O) groups excluding carboxylic acids is 2. The van der Waals surface area contributed by atoms with E-state index in [9.17, 15) is 9.59 Å². The van der Waals surface area contributed by atoms with Gasteiger partial charge in [-0.2, -0.15) is 0 Å². The number of hydrogen-bond donors (Lipinski definition) is 0. The van der Waals surface area contributed by atoms with E-state index < -0.39 is 12.1 Å². The Balaban J connectivity index is 2.85. The molecule has 1 atom stereocenters. The van der Waals surface area contributed by atoms with Crippen LogP contribution in [0.4, 0.5) is 0 Å². The van der Waals surface area contributed by atoms with Crippen molar-refractivity contribution in [1.29, 1.82) is 0 Å². The Hall–Kier alpha value is -2.21. The second-order valence-electron chi connectivity index (χ2n) is 6.58. The number of rotatable bonds is 8. The highest BCUT2D eigenvalue weighted by Gasteiger charge is 2.27. The van der Waals surface area contributed by atoms with Crippen LogP contribution in [0.1, 0.15) is 40.2 Å². The standard InChI is InChI=1S/C20H28ClNO5/c1-12(2)22(13(3)4)20(24)14(5)27-18(23)9-8-15-10-16(21)19(26-7)17(11-15)25-6/h8-14H,1-7H3/b9-8+/t14-/m1/s1. The van der Waals surface area contributed by atoms with Crippen LogP contribution in [0, 0.1) is 0 Å². The molecule has 150 valence electrons. The first-order valence-electron chi connectivity index (χ1n) is 8.74. The van der Waals surface area contributed by atoms with E-state index in [2.05, 4.69) is 0 Å².